The van der Waals surface area contributed by atoms with Crippen LogP contribution in [0.25, 0.3) is 0 Å². The van der Waals surface area contributed by atoms with Crippen LogP contribution in [0.4, 0.5) is 18.0 Å². The lowest BCUT2D eigenvalue weighted by molar-refractivity contribution is -0.321. The van der Waals surface area contributed by atoms with Crippen molar-refractivity contribution >= 4 is 17.8 Å². The van der Waals surface area contributed by atoms with Crippen LogP contribution in [0.15, 0.2) is 0 Å². The fourth-order valence-electron chi connectivity index (χ4n) is 1.95. The van der Waals surface area contributed by atoms with Crippen LogP contribution in [0.2, 0.25) is 0 Å². The first-order valence-corrected chi connectivity index (χ1v) is 6.16. The summed E-state index contributed by atoms with van der Waals surface area (Å²) in [6.45, 7) is -0.822. The number of carbonyl (C=O) groups excluding carboxylic acids is 3. The number of Topliss-reactive ketones (excluding diaryl/α,β-unsaturated/α-hetero) is 1. The number of ether oxygens (including phenoxy) is 2. The average molecular weight is 312 g/mol. The molecular weight excluding hydrogens is 297 g/mol. The van der Waals surface area contributed by atoms with Crippen LogP contribution in [0.5, 0.6) is 0 Å². The van der Waals surface area contributed by atoms with Gasteiger partial charge in [0.25, 0.3) is 0 Å². The Morgan fingerprint density at radius 1 is 1.43 bits per heavy atom. The third-order valence-electron chi connectivity index (χ3n) is 2.89. The molecule has 21 heavy (non-hydrogen) atoms. The molecule has 0 aliphatic carbocycles. The van der Waals surface area contributed by atoms with Crippen molar-refractivity contribution in [2.45, 2.75) is 31.7 Å². The molecule has 1 aliphatic rings. The number of piperidine rings is 1. The van der Waals surface area contributed by atoms with E-state index in [1.54, 1.807) is 0 Å². The number of halogens is 3. The van der Waals surface area contributed by atoms with Crippen molar-refractivity contribution < 1.29 is 37.0 Å². The zero-order chi connectivity index (χ0) is 16.0. The number of carbonyl (C=O) groups is 3. The Bertz CT molecular complexity index is 413. The number of alkyl halides is 3. The zero-order valence-electron chi connectivity index (χ0n) is 10.9. The number of amides is 2. The quantitative estimate of drug-likeness (QED) is 0.741. The molecule has 1 unspecified atom stereocenters. The molecule has 1 aliphatic heterocycles. The second-order valence-corrected chi connectivity index (χ2v) is 4.49. The fourth-order valence-corrected chi connectivity index (χ4v) is 1.95. The van der Waals surface area contributed by atoms with Gasteiger partial charge >= 0.3 is 12.5 Å². The molecule has 0 bridgehead atoms. The molecule has 0 saturated carbocycles. The molecule has 0 aromatic rings. The Morgan fingerprint density at radius 2 is 2.10 bits per heavy atom. The summed E-state index contributed by atoms with van der Waals surface area (Å²) in [6.07, 6.45) is -6.95. The van der Waals surface area contributed by atoms with E-state index in [2.05, 4.69) is 14.8 Å². The van der Waals surface area contributed by atoms with Crippen molar-refractivity contribution in [3.63, 3.8) is 0 Å². The molecule has 0 aromatic carbocycles. The lowest BCUT2D eigenvalue weighted by atomic mass is 9.91. The van der Waals surface area contributed by atoms with Crippen molar-refractivity contribution in [2.24, 2.45) is 11.7 Å². The standard InChI is InChI=1S/C11H15F3N2O5/c12-11(13,14)20-5-7(17)8(21-10(15)19)4-6-2-1-3-16-9(6)18/h6,8H,1-5H2,(H2,15,19)(H,16,18)/t6-,8?/m0/s1. The van der Waals surface area contributed by atoms with Crippen LogP contribution in [-0.4, -0.2) is 43.4 Å². The van der Waals surface area contributed by atoms with Crippen molar-refractivity contribution in [2.75, 3.05) is 13.2 Å². The largest absolute Gasteiger partial charge is 0.522 e. The second kappa shape index (κ2) is 7.25. The molecular formula is C11H15F3N2O5. The van der Waals surface area contributed by atoms with Gasteiger partial charge in [-0.15, -0.1) is 13.2 Å². The first-order chi connectivity index (χ1) is 9.69. The SMILES string of the molecule is NC(=O)OC(C[C@@H]1CCCNC1=O)C(=O)COC(F)(F)F. The maximum absolute atomic E-state index is 11.9. The van der Waals surface area contributed by atoms with Crippen molar-refractivity contribution in [3.05, 3.63) is 0 Å². The Morgan fingerprint density at radius 3 is 2.62 bits per heavy atom. The van der Waals surface area contributed by atoms with Crippen LogP contribution < -0.4 is 11.1 Å². The van der Waals surface area contributed by atoms with Gasteiger partial charge in [-0.05, 0) is 12.8 Å². The normalized spacial score (nSPS) is 20.5. The molecule has 2 amide bonds. The van der Waals surface area contributed by atoms with Gasteiger partial charge in [-0.1, -0.05) is 0 Å². The van der Waals surface area contributed by atoms with Gasteiger partial charge in [-0.25, -0.2) is 4.79 Å². The van der Waals surface area contributed by atoms with Gasteiger partial charge in [0, 0.05) is 18.9 Å². The smallest absolute Gasteiger partial charge is 0.438 e. The van der Waals surface area contributed by atoms with E-state index in [0.717, 1.165) is 0 Å². The fraction of sp³-hybridized carbons (Fsp3) is 0.727. The van der Waals surface area contributed by atoms with Crippen LogP contribution >= 0.6 is 0 Å². The highest BCUT2D eigenvalue weighted by Crippen LogP contribution is 2.21. The molecule has 2 atom stereocenters. The molecule has 0 aromatic heterocycles. The first kappa shape index (κ1) is 17.2. The van der Waals surface area contributed by atoms with Gasteiger partial charge in [0.15, 0.2) is 11.9 Å². The summed E-state index contributed by atoms with van der Waals surface area (Å²) in [4.78, 5) is 33.9. The van der Waals surface area contributed by atoms with Gasteiger partial charge in [0.2, 0.25) is 5.91 Å². The van der Waals surface area contributed by atoms with Crippen molar-refractivity contribution in [3.8, 4) is 0 Å². The Labute approximate surface area is 117 Å². The molecule has 1 fully saturated rings. The number of primary amides is 1. The van der Waals surface area contributed by atoms with E-state index in [1.165, 1.54) is 0 Å². The van der Waals surface area contributed by atoms with E-state index >= 15 is 0 Å². The van der Waals surface area contributed by atoms with Crippen LogP contribution in [-0.2, 0) is 19.1 Å². The Hall–Kier alpha value is -1.84. The van der Waals surface area contributed by atoms with Gasteiger partial charge in [-0.3, -0.25) is 14.3 Å². The van der Waals surface area contributed by atoms with Gasteiger partial charge < -0.3 is 15.8 Å². The monoisotopic (exact) mass is 312 g/mol. The molecule has 120 valence electrons. The lowest BCUT2D eigenvalue weighted by Gasteiger charge is -2.25. The first-order valence-electron chi connectivity index (χ1n) is 6.16. The maximum atomic E-state index is 11.9. The summed E-state index contributed by atoms with van der Waals surface area (Å²) in [5, 5.41) is 2.55. The van der Waals surface area contributed by atoms with E-state index in [0.29, 0.717) is 19.4 Å². The Balaban J connectivity index is 2.63. The predicted molar refractivity (Wildman–Crippen MR) is 61.8 cm³/mol. The predicted octanol–water partition coefficient (Wildman–Crippen LogP) is 0.472. The lowest BCUT2D eigenvalue weighted by Crippen LogP contribution is -2.42. The third-order valence-corrected chi connectivity index (χ3v) is 2.89. The van der Waals surface area contributed by atoms with Crippen LogP contribution in [0, 0.1) is 5.92 Å². The zero-order valence-corrected chi connectivity index (χ0v) is 10.9. The number of hydrogen-bond donors (Lipinski definition) is 2. The van der Waals surface area contributed by atoms with Crippen molar-refractivity contribution in [1.82, 2.24) is 5.32 Å². The third kappa shape index (κ3) is 6.43. The summed E-state index contributed by atoms with van der Waals surface area (Å²) in [6, 6.07) is 0. The number of nitrogens with two attached hydrogens (primary N) is 1. The number of nitrogens with one attached hydrogen (secondary N) is 1. The highest BCUT2D eigenvalue weighted by Gasteiger charge is 2.35. The number of ketones is 1. The molecule has 0 spiro atoms. The van der Waals surface area contributed by atoms with Crippen LogP contribution in [0.1, 0.15) is 19.3 Å². The minimum Gasteiger partial charge on any atom is -0.438 e. The van der Waals surface area contributed by atoms with E-state index < -0.39 is 36.9 Å². The summed E-state index contributed by atoms with van der Waals surface area (Å²) in [5.41, 5.74) is 4.78. The summed E-state index contributed by atoms with van der Waals surface area (Å²) < 4.78 is 43.6. The van der Waals surface area contributed by atoms with Crippen molar-refractivity contribution in [1.29, 1.82) is 0 Å². The average Bonchev–Trinajstić information content (AvgIpc) is 2.36. The number of rotatable bonds is 6. The minimum atomic E-state index is -4.98. The maximum Gasteiger partial charge on any atom is 0.522 e. The Kier molecular flexibility index (Phi) is 5.94. The molecule has 1 heterocycles. The highest BCUT2D eigenvalue weighted by molar-refractivity contribution is 5.87. The summed E-state index contributed by atoms with van der Waals surface area (Å²) >= 11 is 0. The topological polar surface area (TPSA) is 108 Å². The van der Waals surface area contributed by atoms with Gasteiger partial charge in [0.05, 0.1) is 0 Å². The molecule has 1 saturated heterocycles. The van der Waals surface area contributed by atoms with E-state index in [-0.39, 0.29) is 12.3 Å². The van der Waals surface area contributed by atoms with Gasteiger partial charge in [0.1, 0.15) is 6.61 Å². The molecule has 10 heteroatoms. The van der Waals surface area contributed by atoms with Crippen LogP contribution in [0.3, 0.4) is 0 Å². The van der Waals surface area contributed by atoms with Gasteiger partial charge in [-0.2, -0.15) is 0 Å². The van der Waals surface area contributed by atoms with E-state index in [4.69, 9.17) is 5.73 Å². The summed E-state index contributed by atoms with van der Waals surface area (Å²) in [7, 11) is 0. The minimum absolute atomic E-state index is 0.227. The van der Waals surface area contributed by atoms with E-state index in [9.17, 15) is 27.6 Å². The number of hydrogen-bond acceptors (Lipinski definition) is 5. The van der Waals surface area contributed by atoms with E-state index in [1.807, 2.05) is 0 Å². The molecule has 1 rings (SSSR count). The second-order valence-electron chi connectivity index (χ2n) is 4.49. The molecule has 0 radical (unpaired) electrons. The molecule has 3 N–H and O–H groups in total. The summed E-state index contributed by atoms with van der Waals surface area (Å²) in [5.74, 6) is -2.08. The molecule has 7 nitrogen and oxygen atoms in total. The highest BCUT2D eigenvalue weighted by atomic mass is 19.4.